The number of rotatable bonds is 5. The SMILES string of the molecule is C=Cc1cc(CC(CN)N(C)C)ccc1N. The number of benzene rings is 1. The first kappa shape index (κ1) is 12.7. The first-order chi connectivity index (χ1) is 7.58. The van der Waals surface area contributed by atoms with Crippen molar-refractivity contribution in [3.63, 3.8) is 0 Å². The Balaban J connectivity index is 2.84. The van der Waals surface area contributed by atoms with Crippen LogP contribution in [0.4, 0.5) is 5.69 Å². The molecule has 1 rings (SSSR count). The Labute approximate surface area is 97.7 Å². The number of hydrogen-bond donors (Lipinski definition) is 2. The van der Waals surface area contributed by atoms with Crippen molar-refractivity contribution in [1.29, 1.82) is 0 Å². The van der Waals surface area contributed by atoms with E-state index < -0.39 is 0 Å². The first-order valence-corrected chi connectivity index (χ1v) is 5.45. The van der Waals surface area contributed by atoms with E-state index in [2.05, 4.69) is 23.6 Å². The lowest BCUT2D eigenvalue weighted by atomic mass is 10.0. The van der Waals surface area contributed by atoms with Crippen molar-refractivity contribution in [2.24, 2.45) is 5.73 Å². The predicted octanol–water partition coefficient (Wildman–Crippen LogP) is 1.34. The van der Waals surface area contributed by atoms with Gasteiger partial charge in [-0.15, -0.1) is 0 Å². The molecule has 4 N–H and O–H groups in total. The van der Waals surface area contributed by atoms with Crippen molar-refractivity contribution in [3.8, 4) is 0 Å². The van der Waals surface area contributed by atoms with Crippen LogP contribution in [0.2, 0.25) is 0 Å². The number of nitrogens with zero attached hydrogens (tertiary/aromatic N) is 1. The highest BCUT2D eigenvalue weighted by Gasteiger charge is 2.10. The minimum atomic E-state index is 0.362. The minimum Gasteiger partial charge on any atom is -0.398 e. The molecule has 0 spiro atoms. The van der Waals surface area contributed by atoms with E-state index in [4.69, 9.17) is 11.5 Å². The van der Waals surface area contributed by atoms with Crippen molar-refractivity contribution in [2.45, 2.75) is 12.5 Å². The zero-order chi connectivity index (χ0) is 12.1. The normalized spacial score (nSPS) is 12.8. The number of likely N-dealkylation sites (N-methyl/N-ethyl adjacent to an activating group) is 1. The molecule has 16 heavy (non-hydrogen) atoms. The third kappa shape index (κ3) is 3.08. The fraction of sp³-hybridized carbons (Fsp3) is 0.385. The van der Waals surface area contributed by atoms with E-state index in [0.717, 1.165) is 17.7 Å². The summed E-state index contributed by atoms with van der Waals surface area (Å²) in [5, 5.41) is 0. The summed E-state index contributed by atoms with van der Waals surface area (Å²) in [5.41, 5.74) is 14.6. The van der Waals surface area contributed by atoms with Gasteiger partial charge in [-0.2, -0.15) is 0 Å². The molecular formula is C13H21N3. The van der Waals surface area contributed by atoms with Gasteiger partial charge in [0.15, 0.2) is 0 Å². The Hall–Kier alpha value is -1.32. The summed E-state index contributed by atoms with van der Waals surface area (Å²) in [6.07, 6.45) is 2.72. The van der Waals surface area contributed by atoms with Crippen LogP contribution in [0.1, 0.15) is 11.1 Å². The van der Waals surface area contributed by atoms with E-state index >= 15 is 0 Å². The molecule has 1 atom stereocenters. The monoisotopic (exact) mass is 219 g/mol. The molecule has 3 nitrogen and oxygen atoms in total. The maximum absolute atomic E-state index is 5.82. The standard InChI is InChI=1S/C13H21N3/c1-4-11-7-10(5-6-13(11)15)8-12(9-14)16(2)3/h4-7,12H,1,8-9,14-15H2,2-3H3. The van der Waals surface area contributed by atoms with E-state index in [-0.39, 0.29) is 0 Å². The van der Waals surface area contributed by atoms with Crippen molar-refractivity contribution in [2.75, 3.05) is 26.4 Å². The molecule has 0 aliphatic carbocycles. The number of anilines is 1. The summed E-state index contributed by atoms with van der Waals surface area (Å²) >= 11 is 0. The average Bonchev–Trinajstić information content (AvgIpc) is 2.27. The highest BCUT2D eigenvalue weighted by atomic mass is 15.1. The van der Waals surface area contributed by atoms with Gasteiger partial charge in [-0.25, -0.2) is 0 Å². The van der Waals surface area contributed by atoms with Crippen molar-refractivity contribution >= 4 is 11.8 Å². The topological polar surface area (TPSA) is 55.3 Å². The Morgan fingerprint density at radius 2 is 2.12 bits per heavy atom. The van der Waals surface area contributed by atoms with Crippen molar-refractivity contribution < 1.29 is 0 Å². The van der Waals surface area contributed by atoms with Gasteiger partial charge >= 0.3 is 0 Å². The molecule has 0 aliphatic heterocycles. The second-order valence-corrected chi connectivity index (χ2v) is 4.22. The van der Waals surface area contributed by atoms with E-state index in [1.807, 2.05) is 20.2 Å². The fourth-order valence-electron chi connectivity index (χ4n) is 1.68. The second-order valence-electron chi connectivity index (χ2n) is 4.22. The molecule has 0 fully saturated rings. The molecule has 1 aromatic rings. The molecule has 3 heteroatoms. The molecule has 1 aromatic carbocycles. The molecule has 0 amide bonds. The molecule has 1 unspecified atom stereocenters. The van der Waals surface area contributed by atoms with E-state index in [0.29, 0.717) is 12.6 Å². The van der Waals surface area contributed by atoms with Gasteiger partial charge in [0.2, 0.25) is 0 Å². The Bertz CT molecular complexity index is 358. The molecule has 0 aromatic heterocycles. The molecule has 0 saturated carbocycles. The van der Waals surface area contributed by atoms with Crippen LogP contribution in [0, 0.1) is 0 Å². The van der Waals surface area contributed by atoms with Crippen LogP contribution in [0.25, 0.3) is 6.08 Å². The predicted molar refractivity (Wildman–Crippen MR) is 71.2 cm³/mol. The first-order valence-electron chi connectivity index (χ1n) is 5.45. The molecule has 0 aliphatic rings. The third-order valence-corrected chi connectivity index (χ3v) is 2.84. The Morgan fingerprint density at radius 3 is 2.62 bits per heavy atom. The van der Waals surface area contributed by atoms with Crippen LogP contribution in [0.3, 0.4) is 0 Å². The molecular weight excluding hydrogens is 198 g/mol. The van der Waals surface area contributed by atoms with Crippen molar-refractivity contribution in [3.05, 3.63) is 35.9 Å². The van der Waals surface area contributed by atoms with Gasteiger partial charge < -0.3 is 16.4 Å². The summed E-state index contributed by atoms with van der Waals surface area (Å²) in [6, 6.07) is 6.42. The lowest BCUT2D eigenvalue weighted by molar-refractivity contribution is 0.298. The van der Waals surface area contributed by atoms with Gasteiger partial charge in [-0.05, 0) is 43.8 Å². The lowest BCUT2D eigenvalue weighted by Gasteiger charge is -2.22. The van der Waals surface area contributed by atoms with Gasteiger partial charge in [0.1, 0.15) is 0 Å². The highest BCUT2D eigenvalue weighted by molar-refractivity contribution is 5.64. The minimum absolute atomic E-state index is 0.362. The van der Waals surface area contributed by atoms with E-state index in [1.54, 1.807) is 6.08 Å². The van der Waals surface area contributed by atoms with Gasteiger partial charge in [0.25, 0.3) is 0 Å². The van der Waals surface area contributed by atoms with Crippen LogP contribution in [-0.4, -0.2) is 31.6 Å². The van der Waals surface area contributed by atoms with E-state index in [1.165, 1.54) is 5.56 Å². The van der Waals surface area contributed by atoms with Gasteiger partial charge in [0, 0.05) is 18.3 Å². The number of nitrogen functional groups attached to an aromatic ring is 1. The van der Waals surface area contributed by atoms with Crippen LogP contribution < -0.4 is 11.5 Å². The molecule has 0 saturated heterocycles. The molecule has 0 bridgehead atoms. The second kappa shape index (κ2) is 5.68. The van der Waals surface area contributed by atoms with Crippen LogP contribution >= 0.6 is 0 Å². The van der Waals surface area contributed by atoms with Crippen molar-refractivity contribution in [1.82, 2.24) is 4.90 Å². The van der Waals surface area contributed by atoms with Crippen LogP contribution in [0.15, 0.2) is 24.8 Å². The van der Waals surface area contributed by atoms with Gasteiger partial charge in [0.05, 0.1) is 0 Å². The lowest BCUT2D eigenvalue weighted by Crippen LogP contribution is -2.36. The smallest absolute Gasteiger partial charge is 0.0387 e. The highest BCUT2D eigenvalue weighted by Crippen LogP contribution is 2.17. The van der Waals surface area contributed by atoms with Gasteiger partial charge in [-0.1, -0.05) is 18.7 Å². The quantitative estimate of drug-likeness (QED) is 0.735. The summed E-state index contributed by atoms with van der Waals surface area (Å²) in [6.45, 7) is 4.41. The maximum atomic E-state index is 5.82. The van der Waals surface area contributed by atoms with Gasteiger partial charge in [-0.3, -0.25) is 0 Å². The average molecular weight is 219 g/mol. The molecule has 0 heterocycles. The zero-order valence-corrected chi connectivity index (χ0v) is 10.1. The van der Waals surface area contributed by atoms with Crippen LogP contribution in [-0.2, 0) is 6.42 Å². The summed E-state index contributed by atoms with van der Waals surface area (Å²) in [7, 11) is 4.09. The van der Waals surface area contributed by atoms with Crippen LogP contribution in [0.5, 0.6) is 0 Å². The summed E-state index contributed by atoms with van der Waals surface area (Å²) in [4.78, 5) is 2.14. The molecule has 0 radical (unpaired) electrons. The fourth-order valence-corrected chi connectivity index (χ4v) is 1.68. The number of hydrogen-bond acceptors (Lipinski definition) is 3. The maximum Gasteiger partial charge on any atom is 0.0387 e. The summed E-state index contributed by atoms with van der Waals surface area (Å²) < 4.78 is 0. The largest absolute Gasteiger partial charge is 0.398 e. The Kier molecular flexibility index (Phi) is 4.52. The van der Waals surface area contributed by atoms with E-state index in [9.17, 15) is 0 Å². The zero-order valence-electron chi connectivity index (χ0n) is 10.1. The summed E-state index contributed by atoms with van der Waals surface area (Å²) in [5.74, 6) is 0. The third-order valence-electron chi connectivity index (χ3n) is 2.84. The number of nitrogens with two attached hydrogens (primary N) is 2. The Morgan fingerprint density at radius 1 is 1.44 bits per heavy atom. The molecule has 88 valence electrons.